The second kappa shape index (κ2) is 7.42. The number of hydrogen-bond acceptors (Lipinski definition) is 4. The lowest BCUT2D eigenvalue weighted by Crippen LogP contribution is -2.39. The lowest BCUT2D eigenvalue weighted by atomic mass is 10.1. The number of aryl methyl sites for hydroxylation is 2. The highest BCUT2D eigenvalue weighted by Gasteiger charge is 2.32. The molecular formula is C21H23N3O4. The zero-order valence-corrected chi connectivity index (χ0v) is 16.0. The minimum Gasteiger partial charge on any atom is -0.486 e. The van der Waals surface area contributed by atoms with E-state index in [0.29, 0.717) is 31.3 Å². The molecule has 2 aromatic carbocycles. The number of urea groups is 1. The molecule has 7 heteroatoms. The molecular weight excluding hydrogens is 358 g/mol. The summed E-state index contributed by atoms with van der Waals surface area (Å²) >= 11 is 0. The molecule has 0 bridgehead atoms. The first-order valence-electron chi connectivity index (χ1n) is 9.34. The molecule has 2 heterocycles. The number of hydrogen-bond donors (Lipinski definition) is 2. The maximum atomic E-state index is 12.5. The highest BCUT2D eigenvalue weighted by molar-refractivity contribution is 5.98. The lowest BCUT2D eigenvalue weighted by Gasteiger charge is -2.22. The van der Waals surface area contributed by atoms with E-state index in [1.165, 1.54) is 0 Å². The molecule has 2 aliphatic rings. The first-order valence-corrected chi connectivity index (χ1v) is 9.34. The quantitative estimate of drug-likeness (QED) is 0.857. The Bertz CT molecular complexity index is 908. The van der Waals surface area contributed by atoms with Crippen molar-refractivity contribution >= 4 is 23.3 Å². The molecule has 0 unspecified atom stereocenters. The number of nitrogens with zero attached hydrogens (tertiary/aromatic N) is 1. The second-order valence-corrected chi connectivity index (χ2v) is 7.21. The van der Waals surface area contributed by atoms with E-state index in [9.17, 15) is 9.59 Å². The fourth-order valence-corrected chi connectivity index (χ4v) is 3.65. The van der Waals surface area contributed by atoms with Crippen LogP contribution in [0.4, 0.5) is 16.2 Å². The minimum absolute atomic E-state index is 0.0339. The van der Waals surface area contributed by atoms with Gasteiger partial charge >= 0.3 is 6.03 Å². The van der Waals surface area contributed by atoms with Crippen molar-refractivity contribution in [3.05, 3.63) is 47.5 Å². The molecule has 7 nitrogen and oxygen atoms in total. The summed E-state index contributed by atoms with van der Waals surface area (Å²) in [4.78, 5) is 26.5. The number of anilines is 2. The van der Waals surface area contributed by atoms with Crippen molar-refractivity contribution in [1.29, 1.82) is 0 Å². The van der Waals surface area contributed by atoms with Crippen LogP contribution < -0.4 is 25.0 Å². The summed E-state index contributed by atoms with van der Waals surface area (Å²) in [5, 5.41) is 5.73. The van der Waals surface area contributed by atoms with E-state index in [-0.39, 0.29) is 24.4 Å². The molecule has 1 saturated heterocycles. The van der Waals surface area contributed by atoms with Gasteiger partial charge in [0.1, 0.15) is 13.2 Å². The van der Waals surface area contributed by atoms with E-state index in [4.69, 9.17) is 9.47 Å². The molecule has 0 radical (unpaired) electrons. The van der Waals surface area contributed by atoms with E-state index in [1.807, 2.05) is 50.2 Å². The van der Waals surface area contributed by atoms with Crippen molar-refractivity contribution in [2.24, 2.45) is 0 Å². The second-order valence-electron chi connectivity index (χ2n) is 7.21. The Balaban J connectivity index is 1.40. The Morgan fingerprint density at radius 1 is 1.04 bits per heavy atom. The van der Waals surface area contributed by atoms with Crippen LogP contribution in [0.2, 0.25) is 0 Å². The molecule has 1 atom stereocenters. The summed E-state index contributed by atoms with van der Waals surface area (Å²) in [6.45, 7) is 5.40. The van der Waals surface area contributed by atoms with Crippen LogP contribution in [-0.2, 0) is 4.79 Å². The van der Waals surface area contributed by atoms with Crippen LogP contribution in [0.25, 0.3) is 0 Å². The topological polar surface area (TPSA) is 79.9 Å². The van der Waals surface area contributed by atoms with Gasteiger partial charge in [-0.1, -0.05) is 6.07 Å². The Labute approximate surface area is 163 Å². The van der Waals surface area contributed by atoms with Crippen molar-refractivity contribution in [3.8, 4) is 11.5 Å². The molecule has 4 rings (SSSR count). The summed E-state index contributed by atoms with van der Waals surface area (Å²) in [5.41, 5.74) is 3.64. The fraction of sp³-hybridized carbons (Fsp3) is 0.333. The van der Waals surface area contributed by atoms with Crippen LogP contribution in [0.15, 0.2) is 36.4 Å². The molecule has 2 aliphatic heterocycles. The molecule has 2 aromatic rings. The smallest absolute Gasteiger partial charge is 0.319 e. The maximum Gasteiger partial charge on any atom is 0.319 e. The van der Waals surface area contributed by atoms with Crippen LogP contribution in [0.1, 0.15) is 17.5 Å². The molecule has 28 heavy (non-hydrogen) atoms. The van der Waals surface area contributed by atoms with Gasteiger partial charge < -0.3 is 25.0 Å². The molecule has 1 fully saturated rings. The number of nitrogens with one attached hydrogen (secondary N) is 2. The van der Waals surface area contributed by atoms with Gasteiger partial charge in [-0.05, 0) is 49.2 Å². The average Bonchev–Trinajstić information content (AvgIpc) is 3.00. The molecule has 0 saturated carbocycles. The van der Waals surface area contributed by atoms with Gasteiger partial charge in [0.25, 0.3) is 0 Å². The standard InChI is InChI=1S/C21H23N3O4/c1-13-7-14(2)9-15(8-13)22-21(26)23-16-10-20(25)24(12-16)17-3-4-18-19(11-17)28-6-5-27-18/h3-4,7-9,11,16H,5-6,10,12H2,1-2H3,(H2,22,23,26)/t16-/m1/s1. The van der Waals surface area contributed by atoms with Crippen LogP contribution in [0, 0.1) is 13.8 Å². The third-order valence-corrected chi connectivity index (χ3v) is 4.78. The van der Waals surface area contributed by atoms with E-state index in [0.717, 1.165) is 22.5 Å². The van der Waals surface area contributed by atoms with Crippen molar-refractivity contribution in [1.82, 2.24) is 5.32 Å². The van der Waals surface area contributed by atoms with E-state index >= 15 is 0 Å². The zero-order valence-electron chi connectivity index (χ0n) is 16.0. The Morgan fingerprint density at radius 2 is 1.75 bits per heavy atom. The summed E-state index contributed by atoms with van der Waals surface area (Å²) in [6, 6.07) is 10.8. The average molecular weight is 381 g/mol. The summed E-state index contributed by atoms with van der Waals surface area (Å²) in [7, 11) is 0. The number of fused-ring (bicyclic) bond motifs is 1. The number of carbonyl (C=O) groups excluding carboxylic acids is 2. The SMILES string of the molecule is Cc1cc(C)cc(NC(=O)N[C@@H]2CC(=O)N(c3ccc4c(c3)OCCO4)C2)c1. The predicted octanol–water partition coefficient (Wildman–Crippen LogP) is 3.00. The fourth-order valence-electron chi connectivity index (χ4n) is 3.65. The number of carbonyl (C=O) groups is 2. The van der Waals surface area contributed by atoms with Crippen molar-refractivity contribution in [2.75, 3.05) is 30.0 Å². The lowest BCUT2D eigenvalue weighted by molar-refractivity contribution is -0.117. The number of benzene rings is 2. The van der Waals surface area contributed by atoms with Gasteiger partial charge in [0.2, 0.25) is 5.91 Å². The third-order valence-electron chi connectivity index (χ3n) is 4.78. The Morgan fingerprint density at radius 3 is 2.50 bits per heavy atom. The molecule has 0 aromatic heterocycles. The highest BCUT2D eigenvalue weighted by atomic mass is 16.6. The summed E-state index contributed by atoms with van der Waals surface area (Å²) in [6.07, 6.45) is 0.259. The summed E-state index contributed by atoms with van der Waals surface area (Å²) < 4.78 is 11.1. The largest absolute Gasteiger partial charge is 0.486 e. The molecule has 3 amide bonds. The van der Waals surface area contributed by atoms with Gasteiger partial charge in [0, 0.05) is 30.4 Å². The number of ether oxygens (including phenoxy) is 2. The van der Waals surface area contributed by atoms with Crippen molar-refractivity contribution in [2.45, 2.75) is 26.3 Å². The van der Waals surface area contributed by atoms with Gasteiger partial charge in [0.05, 0.1) is 6.04 Å². The van der Waals surface area contributed by atoms with Gasteiger partial charge in [-0.25, -0.2) is 4.79 Å². The zero-order chi connectivity index (χ0) is 19.7. The van der Waals surface area contributed by atoms with Crippen LogP contribution in [0.5, 0.6) is 11.5 Å². The predicted molar refractivity (Wildman–Crippen MR) is 106 cm³/mol. The van der Waals surface area contributed by atoms with Crippen LogP contribution in [-0.4, -0.2) is 37.7 Å². The van der Waals surface area contributed by atoms with Crippen molar-refractivity contribution in [3.63, 3.8) is 0 Å². The normalized spacial score (nSPS) is 18.1. The highest BCUT2D eigenvalue weighted by Crippen LogP contribution is 2.35. The first kappa shape index (κ1) is 18.2. The Hall–Kier alpha value is -3.22. The number of amides is 3. The van der Waals surface area contributed by atoms with Crippen molar-refractivity contribution < 1.29 is 19.1 Å². The van der Waals surface area contributed by atoms with Gasteiger partial charge in [-0.2, -0.15) is 0 Å². The van der Waals surface area contributed by atoms with E-state index < -0.39 is 0 Å². The van der Waals surface area contributed by atoms with E-state index in [1.54, 1.807) is 4.90 Å². The van der Waals surface area contributed by atoms with Crippen LogP contribution in [0.3, 0.4) is 0 Å². The van der Waals surface area contributed by atoms with Crippen LogP contribution >= 0.6 is 0 Å². The monoisotopic (exact) mass is 381 g/mol. The number of rotatable bonds is 3. The molecule has 0 aliphatic carbocycles. The molecule has 0 spiro atoms. The first-order chi connectivity index (χ1) is 13.5. The van der Waals surface area contributed by atoms with Gasteiger partial charge in [-0.3, -0.25) is 4.79 Å². The maximum absolute atomic E-state index is 12.5. The third kappa shape index (κ3) is 3.88. The molecule has 146 valence electrons. The molecule has 2 N–H and O–H groups in total. The van der Waals surface area contributed by atoms with Gasteiger partial charge in [0.15, 0.2) is 11.5 Å². The minimum atomic E-state index is -0.313. The van der Waals surface area contributed by atoms with Gasteiger partial charge in [-0.15, -0.1) is 0 Å². The Kier molecular flexibility index (Phi) is 4.81. The summed E-state index contributed by atoms with van der Waals surface area (Å²) in [5.74, 6) is 1.29. The van der Waals surface area contributed by atoms with E-state index in [2.05, 4.69) is 10.6 Å².